The molecular weight excluding hydrogens is 266 g/mol. The highest BCUT2D eigenvalue weighted by atomic mass is 16.5. The van der Waals surface area contributed by atoms with Crippen molar-refractivity contribution in [3.63, 3.8) is 0 Å². The van der Waals surface area contributed by atoms with Gasteiger partial charge in [-0.2, -0.15) is 5.10 Å². The van der Waals surface area contributed by atoms with Gasteiger partial charge >= 0.3 is 0 Å². The SMILES string of the molecule is CCc1cn[nH]c1NC(=O)COc1cccc(C(C)C)c1. The number of benzene rings is 1. The summed E-state index contributed by atoms with van der Waals surface area (Å²) in [4.78, 5) is 11.9. The number of H-pyrrole nitrogens is 1. The predicted molar refractivity (Wildman–Crippen MR) is 82.6 cm³/mol. The van der Waals surface area contributed by atoms with Crippen molar-refractivity contribution in [1.82, 2.24) is 10.2 Å². The van der Waals surface area contributed by atoms with Crippen LogP contribution in [0.5, 0.6) is 5.75 Å². The zero-order chi connectivity index (χ0) is 15.2. The molecule has 0 aliphatic rings. The van der Waals surface area contributed by atoms with E-state index in [2.05, 4.69) is 35.4 Å². The molecule has 0 saturated heterocycles. The number of aryl methyl sites for hydroxylation is 1. The summed E-state index contributed by atoms with van der Waals surface area (Å²) >= 11 is 0. The number of nitrogens with one attached hydrogen (secondary N) is 2. The number of carbonyl (C=O) groups excluding carboxylic acids is 1. The van der Waals surface area contributed by atoms with Crippen LogP contribution in [0.2, 0.25) is 0 Å². The smallest absolute Gasteiger partial charge is 0.263 e. The topological polar surface area (TPSA) is 67.0 Å². The highest BCUT2D eigenvalue weighted by Gasteiger charge is 2.09. The van der Waals surface area contributed by atoms with Gasteiger partial charge in [-0.1, -0.05) is 32.9 Å². The number of anilines is 1. The number of amides is 1. The van der Waals surface area contributed by atoms with Gasteiger partial charge in [-0.15, -0.1) is 0 Å². The minimum absolute atomic E-state index is 0.0241. The van der Waals surface area contributed by atoms with E-state index in [1.807, 2.05) is 25.1 Å². The monoisotopic (exact) mass is 287 g/mol. The number of rotatable bonds is 6. The Morgan fingerprint density at radius 1 is 1.43 bits per heavy atom. The number of carbonyl (C=O) groups is 1. The molecule has 2 N–H and O–H groups in total. The van der Waals surface area contributed by atoms with Crippen LogP contribution in [0.25, 0.3) is 0 Å². The third-order valence-electron chi connectivity index (χ3n) is 3.26. The summed E-state index contributed by atoms with van der Waals surface area (Å²) in [5.74, 6) is 1.57. The Balaban J connectivity index is 1.91. The molecule has 1 amide bonds. The van der Waals surface area contributed by atoms with E-state index < -0.39 is 0 Å². The van der Waals surface area contributed by atoms with E-state index in [4.69, 9.17) is 4.74 Å². The second-order valence-electron chi connectivity index (χ2n) is 5.19. The molecule has 5 heteroatoms. The molecule has 0 saturated carbocycles. The molecule has 0 bridgehead atoms. The average molecular weight is 287 g/mol. The van der Waals surface area contributed by atoms with Crippen molar-refractivity contribution in [3.05, 3.63) is 41.6 Å². The maximum Gasteiger partial charge on any atom is 0.263 e. The van der Waals surface area contributed by atoms with Crippen LogP contribution in [-0.2, 0) is 11.2 Å². The van der Waals surface area contributed by atoms with Crippen LogP contribution in [0.15, 0.2) is 30.5 Å². The molecule has 2 rings (SSSR count). The molecule has 1 aromatic carbocycles. The van der Waals surface area contributed by atoms with E-state index in [1.165, 1.54) is 5.56 Å². The molecule has 5 nitrogen and oxygen atoms in total. The van der Waals surface area contributed by atoms with Gasteiger partial charge in [-0.25, -0.2) is 0 Å². The lowest BCUT2D eigenvalue weighted by Gasteiger charge is -2.10. The first kappa shape index (κ1) is 15.1. The number of ether oxygens (including phenoxy) is 1. The summed E-state index contributed by atoms with van der Waals surface area (Å²) in [6, 6.07) is 7.81. The van der Waals surface area contributed by atoms with E-state index in [1.54, 1.807) is 6.20 Å². The quantitative estimate of drug-likeness (QED) is 0.857. The first-order valence-electron chi connectivity index (χ1n) is 7.15. The van der Waals surface area contributed by atoms with Crippen molar-refractivity contribution in [1.29, 1.82) is 0 Å². The third kappa shape index (κ3) is 4.08. The van der Waals surface area contributed by atoms with Gasteiger partial charge in [0.25, 0.3) is 5.91 Å². The van der Waals surface area contributed by atoms with Crippen LogP contribution < -0.4 is 10.1 Å². The van der Waals surface area contributed by atoms with Gasteiger partial charge in [-0.05, 0) is 30.0 Å². The Morgan fingerprint density at radius 3 is 2.95 bits per heavy atom. The Bertz CT molecular complexity index is 605. The molecule has 112 valence electrons. The fourth-order valence-corrected chi connectivity index (χ4v) is 1.98. The second kappa shape index (κ2) is 6.92. The van der Waals surface area contributed by atoms with E-state index in [0.717, 1.165) is 12.0 Å². The first-order chi connectivity index (χ1) is 10.1. The summed E-state index contributed by atoms with van der Waals surface area (Å²) < 4.78 is 5.53. The number of aromatic amines is 1. The molecule has 1 heterocycles. The molecule has 0 unspecified atom stereocenters. The van der Waals surface area contributed by atoms with Gasteiger partial charge in [0, 0.05) is 5.56 Å². The summed E-state index contributed by atoms with van der Waals surface area (Å²) in [7, 11) is 0. The predicted octanol–water partition coefficient (Wildman–Crippen LogP) is 3.11. The first-order valence-corrected chi connectivity index (χ1v) is 7.15. The highest BCUT2D eigenvalue weighted by molar-refractivity contribution is 5.91. The molecule has 0 aliphatic heterocycles. The largest absolute Gasteiger partial charge is 0.484 e. The summed E-state index contributed by atoms with van der Waals surface area (Å²) in [6.45, 7) is 6.23. The fraction of sp³-hybridized carbons (Fsp3) is 0.375. The molecule has 0 spiro atoms. The zero-order valence-electron chi connectivity index (χ0n) is 12.6. The average Bonchev–Trinajstić information content (AvgIpc) is 2.92. The van der Waals surface area contributed by atoms with Crippen molar-refractivity contribution in [3.8, 4) is 5.75 Å². The Kier molecular flexibility index (Phi) is 4.98. The fourth-order valence-electron chi connectivity index (χ4n) is 1.98. The summed E-state index contributed by atoms with van der Waals surface area (Å²) in [6.07, 6.45) is 2.52. The van der Waals surface area contributed by atoms with Gasteiger partial charge < -0.3 is 10.1 Å². The van der Waals surface area contributed by atoms with Crippen LogP contribution in [0.3, 0.4) is 0 Å². The Morgan fingerprint density at radius 2 is 2.24 bits per heavy atom. The Hall–Kier alpha value is -2.30. The molecule has 21 heavy (non-hydrogen) atoms. The van der Waals surface area contributed by atoms with E-state index in [9.17, 15) is 4.79 Å². The maximum absolute atomic E-state index is 11.9. The zero-order valence-corrected chi connectivity index (χ0v) is 12.6. The van der Waals surface area contributed by atoms with Gasteiger partial charge in [0.2, 0.25) is 0 Å². The standard InChI is InChI=1S/C16H21N3O2/c1-4-12-9-17-19-16(12)18-15(20)10-21-14-7-5-6-13(8-14)11(2)3/h5-9,11H,4,10H2,1-3H3,(H2,17,18,19,20). The van der Waals surface area contributed by atoms with Crippen LogP contribution >= 0.6 is 0 Å². The van der Waals surface area contributed by atoms with E-state index in [0.29, 0.717) is 17.5 Å². The highest BCUT2D eigenvalue weighted by Crippen LogP contribution is 2.20. The number of hydrogen-bond acceptors (Lipinski definition) is 3. The van der Waals surface area contributed by atoms with Gasteiger partial charge in [0.15, 0.2) is 6.61 Å². The maximum atomic E-state index is 11.9. The second-order valence-corrected chi connectivity index (χ2v) is 5.19. The van der Waals surface area contributed by atoms with Crippen molar-refractivity contribution in [2.45, 2.75) is 33.1 Å². The molecule has 0 radical (unpaired) electrons. The number of aromatic nitrogens is 2. The lowest BCUT2D eigenvalue weighted by Crippen LogP contribution is -2.21. The van der Waals surface area contributed by atoms with Gasteiger partial charge in [-0.3, -0.25) is 9.89 Å². The Labute approximate surface area is 124 Å². The molecular formula is C16H21N3O2. The van der Waals surface area contributed by atoms with Crippen LogP contribution in [0.1, 0.15) is 37.8 Å². The molecule has 0 fully saturated rings. The molecule has 0 atom stereocenters. The van der Waals surface area contributed by atoms with Crippen molar-refractivity contribution >= 4 is 11.7 Å². The normalized spacial score (nSPS) is 10.7. The molecule has 2 aromatic rings. The van der Waals surface area contributed by atoms with Crippen LogP contribution in [0, 0.1) is 0 Å². The third-order valence-corrected chi connectivity index (χ3v) is 3.26. The lowest BCUT2D eigenvalue weighted by molar-refractivity contribution is -0.118. The van der Waals surface area contributed by atoms with Gasteiger partial charge in [0.05, 0.1) is 6.20 Å². The van der Waals surface area contributed by atoms with E-state index >= 15 is 0 Å². The van der Waals surface area contributed by atoms with Gasteiger partial charge in [0.1, 0.15) is 11.6 Å². The summed E-state index contributed by atoms with van der Waals surface area (Å²) in [5.41, 5.74) is 2.17. The number of nitrogens with zero attached hydrogens (tertiary/aromatic N) is 1. The summed E-state index contributed by atoms with van der Waals surface area (Å²) in [5, 5.41) is 9.45. The van der Waals surface area contributed by atoms with Crippen molar-refractivity contribution in [2.24, 2.45) is 0 Å². The minimum atomic E-state index is -0.205. The van der Waals surface area contributed by atoms with Crippen LogP contribution in [0.4, 0.5) is 5.82 Å². The molecule has 0 aliphatic carbocycles. The molecule has 1 aromatic heterocycles. The number of hydrogen-bond donors (Lipinski definition) is 2. The van der Waals surface area contributed by atoms with E-state index in [-0.39, 0.29) is 12.5 Å². The minimum Gasteiger partial charge on any atom is -0.484 e. The van der Waals surface area contributed by atoms with Crippen molar-refractivity contribution < 1.29 is 9.53 Å². The van der Waals surface area contributed by atoms with Crippen LogP contribution in [-0.4, -0.2) is 22.7 Å². The van der Waals surface area contributed by atoms with Crippen molar-refractivity contribution in [2.75, 3.05) is 11.9 Å². The lowest BCUT2D eigenvalue weighted by atomic mass is 10.0.